The Morgan fingerprint density at radius 3 is 2.33 bits per heavy atom. The molecule has 0 aliphatic carbocycles. The first-order valence-corrected chi connectivity index (χ1v) is 8.44. The third kappa shape index (κ3) is 5.79. The van der Waals surface area contributed by atoms with Crippen molar-refractivity contribution in [3.05, 3.63) is 70.5 Å². The molecule has 7 heteroatoms. The number of hydrogen-bond donors (Lipinski definition) is 0. The predicted octanol–water partition coefficient (Wildman–Crippen LogP) is 4.36. The second-order valence-electron chi connectivity index (χ2n) is 6.69. The van der Waals surface area contributed by atoms with E-state index in [9.17, 15) is 22.4 Å². The SMILES string of the molecule is Cc1ccc(C(=O)N(CCN(C)C)Cc2cccc(C(F)(F)F)c2)cc1F. The second-order valence-corrected chi connectivity index (χ2v) is 6.69. The van der Waals surface area contributed by atoms with E-state index < -0.39 is 23.5 Å². The second kappa shape index (κ2) is 8.52. The van der Waals surface area contributed by atoms with Crippen LogP contribution >= 0.6 is 0 Å². The highest BCUT2D eigenvalue weighted by molar-refractivity contribution is 5.94. The molecule has 0 radical (unpaired) electrons. The van der Waals surface area contributed by atoms with E-state index in [1.54, 1.807) is 13.0 Å². The molecule has 0 saturated heterocycles. The molecule has 0 aromatic heterocycles. The number of nitrogens with zero attached hydrogens (tertiary/aromatic N) is 2. The van der Waals surface area contributed by atoms with Gasteiger partial charge in [0.15, 0.2) is 0 Å². The Morgan fingerprint density at radius 1 is 1.04 bits per heavy atom. The fourth-order valence-electron chi connectivity index (χ4n) is 2.55. The number of carbonyl (C=O) groups excluding carboxylic acids is 1. The maximum Gasteiger partial charge on any atom is 0.416 e. The van der Waals surface area contributed by atoms with E-state index in [1.165, 1.54) is 23.1 Å². The van der Waals surface area contributed by atoms with Crippen LogP contribution < -0.4 is 0 Å². The topological polar surface area (TPSA) is 23.6 Å². The van der Waals surface area contributed by atoms with Gasteiger partial charge >= 0.3 is 6.18 Å². The quantitative estimate of drug-likeness (QED) is 0.694. The predicted molar refractivity (Wildman–Crippen MR) is 95.9 cm³/mol. The van der Waals surface area contributed by atoms with Gasteiger partial charge in [-0.05, 0) is 56.4 Å². The summed E-state index contributed by atoms with van der Waals surface area (Å²) in [6.07, 6.45) is -4.45. The number of likely N-dealkylation sites (N-methyl/N-ethyl adjacent to an activating group) is 1. The third-order valence-corrected chi connectivity index (χ3v) is 4.15. The zero-order valence-corrected chi connectivity index (χ0v) is 15.5. The van der Waals surface area contributed by atoms with Gasteiger partial charge < -0.3 is 9.80 Å². The van der Waals surface area contributed by atoms with E-state index in [-0.39, 0.29) is 12.1 Å². The number of rotatable bonds is 6. The Balaban J connectivity index is 2.28. The number of carbonyl (C=O) groups is 1. The summed E-state index contributed by atoms with van der Waals surface area (Å²) in [7, 11) is 3.66. The first-order chi connectivity index (χ1) is 12.6. The van der Waals surface area contributed by atoms with Gasteiger partial charge in [0.05, 0.1) is 5.56 Å². The van der Waals surface area contributed by atoms with Gasteiger partial charge in [-0.2, -0.15) is 13.2 Å². The summed E-state index contributed by atoms with van der Waals surface area (Å²) < 4.78 is 52.6. The third-order valence-electron chi connectivity index (χ3n) is 4.15. The average molecular weight is 382 g/mol. The Bertz CT molecular complexity index is 803. The van der Waals surface area contributed by atoms with Crippen LogP contribution in [0, 0.1) is 12.7 Å². The number of hydrogen-bond acceptors (Lipinski definition) is 2. The minimum absolute atomic E-state index is 0.00604. The van der Waals surface area contributed by atoms with E-state index in [1.807, 2.05) is 19.0 Å². The molecule has 0 atom stereocenters. The monoisotopic (exact) mass is 382 g/mol. The van der Waals surface area contributed by atoms with Crippen molar-refractivity contribution in [2.75, 3.05) is 27.2 Å². The van der Waals surface area contributed by atoms with Crippen LogP contribution in [-0.4, -0.2) is 42.9 Å². The largest absolute Gasteiger partial charge is 0.416 e. The van der Waals surface area contributed by atoms with Crippen molar-refractivity contribution in [2.45, 2.75) is 19.6 Å². The summed E-state index contributed by atoms with van der Waals surface area (Å²) in [4.78, 5) is 16.1. The molecule has 0 fully saturated rings. The minimum Gasteiger partial charge on any atom is -0.333 e. The highest BCUT2D eigenvalue weighted by Crippen LogP contribution is 2.29. The van der Waals surface area contributed by atoms with Crippen molar-refractivity contribution in [3.63, 3.8) is 0 Å². The standard InChI is InChI=1S/C20H22F4N2O/c1-14-7-8-16(12-18(14)21)19(27)26(10-9-25(2)3)13-15-5-4-6-17(11-15)20(22,23)24/h4-8,11-12H,9-10,13H2,1-3H3. The molecular formula is C20H22F4N2O. The fourth-order valence-corrected chi connectivity index (χ4v) is 2.55. The van der Waals surface area contributed by atoms with E-state index in [4.69, 9.17) is 0 Å². The van der Waals surface area contributed by atoms with Crippen LogP contribution in [0.25, 0.3) is 0 Å². The Hall–Kier alpha value is -2.41. The van der Waals surface area contributed by atoms with E-state index in [0.717, 1.165) is 18.2 Å². The first-order valence-electron chi connectivity index (χ1n) is 8.44. The maximum absolute atomic E-state index is 13.8. The average Bonchev–Trinajstić information content (AvgIpc) is 2.59. The zero-order chi connectivity index (χ0) is 20.2. The summed E-state index contributed by atoms with van der Waals surface area (Å²) >= 11 is 0. The Kier molecular flexibility index (Phi) is 6.59. The van der Waals surface area contributed by atoms with Gasteiger partial charge in [-0.1, -0.05) is 18.2 Å². The lowest BCUT2D eigenvalue weighted by atomic mass is 10.1. The maximum atomic E-state index is 13.8. The Morgan fingerprint density at radius 2 is 1.74 bits per heavy atom. The molecule has 0 unspecified atom stereocenters. The van der Waals surface area contributed by atoms with Crippen LogP contribution in [0.4, 0.5) is 17.6 Å². The fraction of sp³-hybridized carbons (Fsp3) is 0.350. The van der Waals surface area contributed by atoms with Crippen LogP contribution in [0.1, 0.15) is 27.0 Å². The number of alkyl halides is 3. The van der Waals surface area contributed by atoms with Crippen LogP contribution in [0.2, 0.25) is 0 Å². The molecule has 0 heterocycles. The van der Waals surface area contributed by atoms with E-state index in [2.05, 4.69) is 0 Å². The van der Waals surface area contributed by atoms with Crippen molar-refractivity contribution in [1.29, 1.82) is 0 Å². The summed E-state index contributed by atoms with van der Waals surface area (Å²) in [5, 5.41) is 0. The lowest BCUT2D eigenvalue weighted by Crippen LogP contribution is -2.36. The van der Waals surface area contributed by atoms with Crippen LogP contribution in [0.5, 0.6) is 0 Å². The lowest BCUT2D eigenvalue weighted by Gasteiger charge is -2.25. The molecular weight excluding hydrogens is 360 g/mol. The minimum atomic E-state index is -4.45. The van der Waals surface area contributed by atoms with Gasteiger partial charge in [0, 0.05) is 25.2 Å². The first kappa shape index (κ1) is 20.9. The van der Waals surface area contributed by atoms with Crippen molar-refractivity contribution < 1.29 is 22.4 Å². The number of benzene rings is 2. The summed E-state index contributed by atoms with van der Waals surface area (Å²) in [5.74, 6) is -0.916. The smallest absolute Gasteiger partial charge is 0.333 e. The summed E-state index contributed by atoms with van der Waals surface area (Å²) in [6, 6.07) is 9.08. The van der Waals surface area contributed by atoms with Crippen molar-refractivity contribution in [2.24, 2.45) is 0 Å². The summed E-state index contributed by atoms with van der Waals surface area (Å²) in [6.45, 7) is 2.43. The molecule has 2 aromatic carbocycles. The molecule has 146 valence electrons. The van der Waals surface area contributed by atoms with Gasteiger partial charge in [0.25, 0.3) is 5.91 Å². The summed E-state index contributed by atoms with van der Waals surface area (Å²) in [5.41, 5.74) is 0.194. The highest BCUT2D eigenvalue weighted by atomic mass is 19.4. The lowest BCUT2D eigenvalue weighted by molar-refractivity contribution is -0.137. The van der Waals surface area contributed by atoms with E-state index in [0.29, 0.717) is 24.2 Å². The van der Waals surface area contributed by atoms with Crippen molar-refractivity contribution in [3.8, 4) is 0 Å². The highest BCUT2D eigenvalue weighted by Gasteiger charge is 2.30. The van der Waals surface area contributed by atoms with Crippen LogP contribution in [0.3, 0.4) is 0 Å². The normalized spacial score (nSPS) is 11.7. The van der Waals surface area contributed by atoms with Gasteiger partial charge in [-0.3, -0.25) is 4.79 Å². The molecule has 0 bridgehead atoms. The molecule has 0 aliphatic rings. The molecule has 1 amide bonds. The molecule has 27 heavy (non-hydrogen) atoms. The molecule has 0 N–H and O–H groups in total. The molecule has 0 saturated carbocycles. The van der Waals surface area contributed by atoms with Gasteiger partial charge in [-0.25, -0.2) is 4.39 Å². The van der Waals surface area contributed by atoms with Crippen molar-refractivity contribution >= 4 is 5.91 Å². The van der Waals surface area contributed by atoms with Gasteiger partial charge in [0.1, 0.15) is 5.82 Å². The molecule has 0 aliphatic heterocycles. The van der Waals surface area contributed by atoms with E-state index >= 15 is 0 Å². The number of aryl methyl sites for hydroxylation is 1. The molecule has 2 rings (SSSR count). The Labute approximate surface area is 156 Å². The van der Waals surface area contributed by atoms with Crippen LogP contribution in [-0.2, 0) is 12.7 Å². The molecule has 2 aromatic rings. The number of halogens is 4. The molecule has 0 spiro atoms. The van der Waals surface area contributed by atoms with Gasteiger partial charge in [-0.15, -0.1) is 0 Å². The van der Waals surface area contributed by atoms with Gasteiger partial charge in [0.2, 0.25) is 0 Å². The van der Waals surface area contributed by atoms with Crippen LogP contribution in [0.15, 0.2) is 42.5 Å². The molecule has 3 nitrogen and oxygen atoms in total. The van der Waals surface area contributed by atoms with Crippen molar-refractivity contribution in [1.82, 2.24) is 9.80 Å². The zero-order valence-electron chi connectivity index (χ0n) is 15.5. The number of amides is 1.